The van der Waals surface area contributed by atoms with Gasteiger partial charge in [0, 0.05) is 49.4 Å². The number of carbonyl (C=O) groups excluding carboxylic acids is 1. The molecule has 6 nitrogen and oxygen atoms in total. The van der Waals surface area contributed by atoms with E-state index >= 15 is 0 Å². The number of para-hydroxylation sites is 2. The van der Waals surface area contributed by atoms with Crippen molar-refractivity contribution in [3.8, 4) is 11.3 Å². The zero-order valence-electron chi connectivity index (χ0n) is 27.7. The van der Waals surface area contributed by atoms with Crippen molar-refractivity contribution < 1.29 is 30.0 Å². The zero-order valence-corrected chi connectivity index (χ0v) is 30.1. The van der Waals surface area contributed by atoms with Gasteiger partial charge in [-0.15, -0.1) is 29.1 Å². The molecule has 2 aromatic heterocycles. The number of carbonyl (C=O) groups is 1. The van der Waals surface area contributed by atoms with Crippen molar-refractivity contribution in [1.29, 1.82) is 0 Å². The first-order valence-corrected chi connectivity index (χ1v) is 15.8. The molecule has 1 radical (unpaired) electrons. The first kappa shape index (κ1) is 35.9. The molecule has 0 aliphatic heterocycles. The Balaban J connectivity index is 0.000000297. The molecule has 239 valence electrons. The molecule has 0 aliphatic carbocycles. The van der Waals surface area contributed by atoms with E-state index in [1.807, 2.05) is 65.0 Å². The third-order valence-electron chi connectivity index (χ3n) is 8.29. The molecule has 0 amide bonds. The Labute approximate surface area is 281 Å². The summed E-state index contributed by atoms with van der Waals surface area (Å²) in [4.78, 5) is 30.6. The van der Waals surface area contributed by atoms with Gasteiger partial charge in [0.15, 0.2) is 17.1 Å². The maximum Gasteiger partial charge on any atom is 0.197 e. The van der Waals surface area contributed by atoms with E-state index in [-0.39, 0.29) is 48.9 Å². The summed E-state index contributed by atoms with van der Waals surface area (Å²) in [5.74, 6) is 0.547. The van der Waals surface area contributed by atoms with Gasteiger partial charge in [0.25, 0.3) is 0 Å². The minimum atomic E-state index is -0.00234. The maximum absolute atomic E-state index is 11.7. The minimum absolute atomic E-state index is 0. The second-order valence-corrected chi connectivity index (χ2v) is 12.4. The average Bonchev–Trinajstić information content (AvgIpc) is 3.00. The van der Waals surface area contributed by atoms with E-state index < -0.39 is 0 Å². The minimum Gasteiger partial charge on any atom is -0.512 e. The van der Waals surface area contributed by atoms with E-state index in [9.17, 15) is 9.90 Å². The topological polar surface area (TPSA) is 88.9 Å². The molecule has 1 N–H and O–H groups in total. The van der Waals surface area contributed by atoms with Gasteiger partial charge < -0.3 is 5.11 Å². The van der Waals surface area contributed by atoms with Crippen LogP contribution in [0.3, 0.4) is 0 Å². The molecule has 0 fully saturated rings. The van der Waals surface area contributed by atoms with E-state index in [4.69, 9.17) is 9.97 Å². The smallest absolute Gasteiger partial charge is 0.197 e. The Hall–Kier alpha value is -3.54. The fourth-order valence-electron chi connectivity index (χ4n) is 5.54. The van der Waals surface area contributed by atoms with Crippen LogP contribution < -0.4 is 0 Å². The number of aryl methyl sites for hydroxylation is 1. The summed E-state index contributed by atoms with van der Waals surface area (Å²) in [7, 11) is 0. The quantitative estimate of drug-likeness (QED) is 0.0731. The second-order valence-electron chi connectivity index (χ2n) is 12.4. The fraction of sp³-hybridized carbons (Fsp3) is 0.395. The van der Waals surface area contributed by atoms with Crippen LogP contribution in [0.15, 0.2) is 66.4 Å². The van der Waals surface area contributed by atoms with Gasteiger partial charge in [-0.1, -0.05) is 89.7 Å². The zero-order chi connectivity index (χ0) is 32.0. The third kappa shape index (κ3) is 8.39. The molecule has 0 saturated heterocycles. The van der Waals surface area contributed by atoms with Gasteiger partial charge >= 0.3 is 0 Å². The van der Waals surface area contributed by atoms with E-state index in [0.717, 1.165) is 59.1 Å². The Morgan fingerprint density at radius 1 is 0.822 bits per heavy atom. The predicted octanol–water partition coefficient (Wildman–Crippen LogP) is 9.67. The summed E-state index contributed by atoms with van der Waals surface area (Å²) in [5, 5.41) is 12.1. The van der Waals surface area contributed by atoms with E-state index in [1.165, 1.54) is 17.0 Å². The molecular formula is C38H45IrN4O2-. The SMILES string of the molecule is CCC(CC)C(=O)/C=C(\O)C(CC)CC.Cc1nc2nc3ccccc3nc2nc1-c1[c-]c2ccccc2c(C(C)(C)C)c1.[Ir]. The summed E-state index contributed by atoms with van der Waals surface area (Å²) in [6.07, 6.45) is 4.91. The van der Waals surface area contributed by atoms with Crippen LogP contribution in [0.1, 0.15) is 85.4 Å². The van der Waals surface area contributed by atoms with Crippen molar-refractivity contribution in [3.05, 3.63) is 83.8 Å². The Morgan fingerprint density at radius 2 is 1.36 bits per heavy atom. The monoisotopic (exact) mass is 782 g/mol. The number of benzene rings is 3. The molecule has 3 aromatic carbocycles. The first-order valence-electron chi connectivity index (χ1n) is 15.8. The molecule has 0 unspecified atom stereocenters. The first-order chi connectivity index (χ1) is 21.0. The van der Waals surface area contributed by atoms with Crippen LogP contribution in [0.4, 0.5) is 0 Å². The summed E-state index contributed by atoms with van der Waals surface area (Å²) >= 11 is 0. The number of nitrogens with zero attached hydrogens (tertiary/aromatic N) is 4. The number of allylic oxidation sites excluding steroid dienone is 2. The molecule has 0 aliphatic rings. The number of aliphatic hydroxyl groups is 1. The van der Waals surface area contributed by atoms with Crippen LogP contribution >= 0.6 is 0 Å². The number of rotatable bonds is 8. The van der Waals surface area contributed by atoms with Gasteiger partial charge in [0.2, 0.25) is 0 Å². The number of fused-ring (bicyclic) bond motifs is 3. The van der Waals surface area contributed by atoms with Crippen LogP contribution in [0.5, 0.6) is 0 Å². The van der Waals surface area contributed by atoms with Crippen molar-refractivity contribution >= 4 is 38.9 Å². The third-order valence-corrected chi connectivity index (χ3v) is 8.29. The number of ketones is 1. The molecule has 7 heteroatoms. The van der Waals surface area contributed by atoms with Crippen LogP contribution in [-0.4, -0.2) is 30.8 Å². The van der Waals surface area contributed by atoms with Crippen molar-refractivity contribution in [2.45, 2.75) is 86.5 Å². The van der Waals surface area contributed by atoms with Gasteiger partial charge in [-0.05, 0) is 50.2 Å². The van der Waals surface area contributed by atoms with E-state index in [0.29, 0.717) is 11.3 Å². The van der Waals surface area contributed by atoms with Crippen LogP contribution in [0.25, 0.3) is 44.4 Å². The number of hydrogen-bond acceptors (Lipinski definition) is 6. The largest absolute Gasteiger partial charge is 0.512 e. The molecule has 0 saturated carbocycles. The normalized spacial score (nSPS) is 12.0. The van der Waals surface area contributed by atoms with Crippen LogP contribution in [-0.2, 0) is 30.3 Å². The van der Waals surface area contributed by atoms with Crippen LogP contribution in [0, 0.1) is 24.8 Å². The standard InChI is InChI=1S/C25H21N4.C13H24O2.Ir/c1-15-22(29-24-23(26-15)27-20-11-7-8-12-21(20)28-24)17-13-16-9-5-6-10-18(16)19(14-17)25(2,3)4;1-5-10(6-2)12(14)9-13(15)11(7-3)8-4;/h5-12,14H,1-4H3;9-11,14H,5-8H2,1-4H3;/q-1;;/b;12-9-;. The Bertz CT molecular complexity index is 1800. The summed E-state index contributed by atoms with van der Waals surface area (Å²) in [6.45, 7) is 16.7. The fourth-order valence-corrected chi connectivity index (χ4v) is 5.54. The van der Waals surface area contributed by atoms with Gasteiger partial charge in [-0.3, -0.25) is 9.78 Å². The van der Waals surface area contributed by atoms with Crippen molar-refractivity contribution in [2.24, 2.45) is 11.8 Å². The van der Waals surface area contributed by atoms with E-state index in [2.05, 4.69) is 61.1 Å². The number of aromatic nitrogens is 4. The van der Waals surface area contributed by atoms with Crippen molar-refractivity contribution in [2.75, 3.05) is 0 Å². The van der Waals surface area contributed by atoms with Crippen molar-refractivity contribution in [3.63, 3.8) is 0 Å². The van der Waals surface area contributed by atoms with Gasteiger partial charge in [0.1, 0.15) is 0 Å². The van der Waals surface area contributed by atoms with Crippen molar-refractivity contribution in [1.82, 2.24) is 19.9 Å². The average molecular weight is 782 g/mol. The summed E-state index contributed by atoms with van der Waals surface area (Å²) in [6, 6.07) is 21.9. The molecular weight excluding hydrogens is 737 g/mol. The molecule has 0 bridgehead atoms. The predicted molar refractivity (Wildman–Crippen MR) is 182 cm³/mol. The second kappa shape index (κ2) is 15.6. The van der Waals surface area contributed by atoms with Crippen LogP contribution in [0.2, 0.25) is 0 Å². The molecule has 0 spiro atoms. The van der Waals surface area contributed by atoms with E-state index in [1.54, 1.807) is 0 Å². The molecule has 0 atom stereocenters. The molecule has 45 heavy (non-hydrogen) atoms. The number of aliphatic hydroxyl groups excluding tert-OH is 1. The summed E-state index contributed by atoms with van der Waals surface area (Å²) < 4.78 is 0. The molecule has 2 heterocycles. The number of hydrogen-bond donors (Lipinski definition) is 1. The maximum atomic E-state index is 11.7. The molecule has 5 rings (SSSR count). The summed E-state index contributed by atoms with van der Waals surface area (Å²) in [5.41, 5.74) is 6.62. The molecule has 5 aromatic rings. The van der Waals surface area contributed by atoms with Gasteiger partial charge in [-0.2, -0.15) is 0 Å². The Kier molecular flexibility index (Phi) is 12.5. The van der Waals surface area contributed by atoms with Gasteiger partial charge in [0.05, 0.1) is 16.8 Å². The Morgan fingerprint density at radius 3 is 1.91 bits per heavy atom. The van der Waals surface area contributed by atoms with Gasteiger partial charge in [-0.25, -0.2) is 15.0 Å².